The van der Waals surface area contributed by atoms with Gasteiger partial charge in [-0.25, -0.2) is 4.98 Å². The van der Waals surface area contributed by atoms with E-state index in [4.69, 9.17) is 14.5 Å². The topological polar surface area (TPSA) is 56.1 Å². The number of ether oxygens (including phenoxy) is 2. The molecule has 0 saturated heterocycles. The average molecular weight is 446 g/mol. The summed E-state index contributed by atoms with van der Waals surface area (Å²) in [6.45, 7) is 1.35. The van der Waals surface area contributed by atoms with Gasteiger partial charge in [-0.1, -0.05) is 12.1 Å². The summed E-state index contributed by atoms with van der Waals surface area (Å²) in [6, 6.07) is 13.7. The van der Waals surface area contributed by atoms with Gasteiger partial charge in [0.05, 0.1) is 24.8 Å². The summed E-state index contributed by atoms with van der Waals surface area (Å²) < 4.78 is 12.8. The standard InChI is InChI=1S/C25H23N3O3S/c1-30-21-7-5-18(14-22(21)31-2)20-16-28-15-19(6-8-24(28)26-20)17-9-11-27(12-10-17)25(29)23-4-3-13-32-23/h3-9,13-16H,10-12H2,1-2H3. The number of imidazole rings is 1. The number of hydrogen-bond donors (Lipinski definition) is 0. The molecule has 162 valence electrons. The van der Waals surface area contributed by atoms with Gasteiger partial charge in [-0.2, -0.15) is 0 Å². The number of benzene rings is 1. The summed E-state index contributed by atoms with van der Waals surface area (Å²) >= 11 is 1.49. The van der Waals surface area contributed by atoms with E-state index in [1.54, 1.807) is 14.2 Å². The van der Waals surface area contributed by atoms with Gasteiger partial charge in [0, 0.05) is 31.0 Å². The van der Waals surface area contributed by atoms with Crippen molar-refractivity contribution in [1.82, 2.24) is 14.3 Å². The third-order valence-corrected chi connectivity index (χ3v) is 6.59. The van der Waals surface area contributed by atoms with Crippen molar-refractivity contribution in [2.24, 2.45) is 0 Å². The summed E-state index contributed by atoms with van der Waals surface area (Å²) in [5.74, 6) is 1.48. The molecule has 5 rings (SSSR count). The average Bonchev–Trinajstić information content (AvgIpc) is 3.53. The summed E-state index contributed by atoms with van der Waals surface area (Å²) in [7, 11) is 3.26. The zero-order valence-electron chi connectivity index (χ0n) is 17.9. The van der Waals surface area contributed by atoms with Crippen LogP contribution in [0.2, 0.25) is 0 Å². The fourth-order valence-corrected chi connectivity index (χ4v) is 4.68. The van der Waals surface area contributed by atoms with Crippen LogP contribution in [0.15, 0.2) is 66.3 Å². The molecule has 0 unspecified atom stereocenters. The Morgan fingerprint density at radius 3 is 2.59 bits per heavy atom. The number of nitrogens with zero attached hydrogens (tertiary/aromatic N) is 3. The van der Waals surface area contributed by atoms with E-state index >= 15 is 0 Å². The molecule has 0 N–H and O–H groups in total. The smallest absolute Gasteiger partial charge is 0.264 e. The van der Waals surface area contributed by atoms with Gasteiger partial charge >= 0.3 is 0 Å². The predicted molar refractivity (Wildman–Crippen MR) is 127 cm³/mol. The van der Waals surface area contributed by atoms with E-state index in [0.29, 0.717) is 18.0 Å². The van der Waals surface area contributed by atoms with Crippen LogP contribution in [0.1, 0.15) is 21.7 Å². The lowest BCUT2D eigenvalue weighted by Gasteiger charge is -2.26. The zero-order chi connectivity index (χ0) is 22.1. The summed E-state index contributed by atoms with van der Waals surface area (Å²) in [5.41, 5.74) is 5.12. The minimum atomic E-state index is 0.111. The maximum absolute atomic E-state index is 12.6. The van der Waals surface area contributed by atoms with Crippen molar-refractivity contribution in [1.29, 1.82) is 0 Å². The lowest BCUT2D eigenvalue weighted by Crippen LogP contribution is -2.34. The van der Waals surface area contributed by atoms with Crippen molar-refractivity contribution in [3.05, 3.63) is 76.8 Å². The molecule has 0 spiro atoms. The molecule has 0 atom stereocenters. The van der Waals surface area contributed by atoms with Crippen LogP contribution < -0.4 is 9.47 Å². The number of methoxy groups -OCH3 is 2. The number of carbonyl (C=O) groups excluding carboxylic acids is 1. The molecule has 6 nitrogen and oxygen atoms in total. The van der Waals surface area contributed by atoms with Crippen LogP contribution in [0.5, 0.6) is 11.5 Å². The number of fused-ring (bicyclic) bond motifs is 1. The van der Waals surface area contributed by atoms with Crippen molar-refractivity contribution in [2.75, 3.05) is 27.3 Å². The molecule has 0 fully saturated rings. The quantitative estimate of drug-likeness (QED) is 0.433. The Morgan fingerprint density at radius 1 is 1.03 bits per heavy atom. The minimum absolute atomic E-state index is 0.111. The van der Waals surface area contributed by atoms with Crippen molar-refractivity contribution < 1.29 is 14.3 Å². The van der Waals surface area contributed by atoms with Gasteiger partial charge in [0.1, 0.15) is 5.65 Å². The molecule has 0 aliphatic carbocycles. The first-order chi connectivity index (χ1) is 15.7. The van der Waals surface area contributed by atoms with Gasteiger partial charge in [-0.05, 0) is 59.3 Å². The number of pyridine rings is 1. The second-order valence-electron chi connectivity index (χ2n) is 7.59. The Bertz CT molecular complexity index is 1310. The fourth-order valence-electron chi connectivity index (χ4n) is 3.99. The van der Waals surface area contributed by atoms with Crippen molar-refractivity contribution in [3.8, 4) is 22.8 Å². The highest BCUT2D eigenvalue weighted by atomic mass is 32.1. The van der Waals surface area contributed by atoms with Crippen LogP contribution in [-0.4, -0.2) is 47.5 Å². The van der Waals surface area contributed by atoms with E-state index in [1.165, 1.54) is 16.9 Å². The van der Waals surface area contributed by atoms with Crippen LogP contribution in [-0.2, 0) is 0 Å². The second kappa shape index (κ2) is 8.51. The van der Waals surface area contributed by atoms with E-state index in [0.717, 1.165) is 40.3 Å². The van der Waals surface area contributed by atoms with E-state index in [1.807, 2.05) is 57.3 Å². The molecule has 32 heavy (non-hydrogen) atoms. The normalized spacial score (nSPS) is 13.8. The van der Waals surface area contributed by atoms with Crippen LogP contribution in [0.3, 0.4) is 0 Å². The number of amides is 1. The van der Waals surface area contributed by atoms with Gasteiger partial charge in [0.25, 0.3) is 5.91 Å². The third kappa shape index (κ3) is 3.76. The fraction of sp³-hybridized carbons (Fsp3) is 0.200. The van der Waals surface area contributed by atoms with Crippen LogP contribution in [0.4, 0.5) is 0 Å². The Balaban J connectivity index is 1.38. The number of thiophene rings is 1. The Hall–Kier alpha value is -3.58. The lowest BCUT2D eigenvalue weighted by molar-refractivity contribution is 0.0777. The summed E-state index contributed by atoms with van der Waals surface area (Å²) in [4.78, 5) is 20.0. The predicted octanol–water partition coefficient (Wildman–Crippen LogP) is 5.01. The second-order valence-corrected chi connectivity index (χ2v) is 8.53. The van der Waals surface area contributed by atoms with Gasteiger partial charge in [-0.15, -0.1) is 11.3 Å². The van der Waals surface area contributed by atoms with E-state index in [9.17, 15) is 4.79 Å². The van der Waals surface area contributed by atoms with E-state index in [2.05, 4.69) is 18.3 Å². The Kier molecular flexibility index (Phi) is 5.41. The molecular weight excluding hydrogens is 422 g/mol. The molecule has 1 aliphatic heterocycles. The van der Waals surface area contributed by atoms with Crippen molar-refractivity contribution >= 4 is 28.5 Å². The van der Waals surface area contributed by atoms with Gasteiger partial charge in [0.2, 0.25) is 0 Å². The molecule has 7 heteroatoms. The number of aromatic nitrogens is 2. The third-order valence-electron chi connectivity index (χ3n) is 5.73. The van der Waals surface area contributed by atoms with E-state index < -0.39 is 0 Å². The summed E-state index contributed by atoms with van der Waals surface area (Å²) in [6.07, 6.45) is 7.12. The SMILES string of the molecule is COc1ccc(-c2cn3cc(C4=CCN(C(=O)c5cccs5)CC4)ccc3n2)cc1OC. The Labute approximate surface area is 190 Å². The molecule has 0 radical (unpaired) electrons. The molecule has 1 aliphatic rings. The highest BCUT2D eigenvalue weighted by Crippen LogP contribution is 2.32. The number of hydrogen-bond acceptors (Lipinski definition) is 5. The first kappa shape index (κ1) is 20.3. The molecule has 4 aromatic rings. The maximum Gasteiger partial charge on any atom is 0.264 e. The highest BCUT2D eigenvalue weighted by molar-refractivity contribution is 7.12. The van der Waals surface area contributed by atoms with Crippen LogP contribution >= 0.6 is 11.3 Å². The molecule has 0 bridgehead atoms. The molecule has 1 aromatic carbocycles. The van der Waals surface area contributed by atoms with Gasteiger partial charge in [0.15, 0.2) is 11.5 Å². The van der Waals surface area contributed by atoms with Gasteiger partial charge < -0.3 is 18.8 Å². The number of carbonyl (C=O) groups is 1. The van der Waals surface area contributed by atoms with Crippen molar-refractivity contribution in [3.63, 3.8) is 0 Å². The molecule has 3 aromatic heterocycles. The molecule has 4 heterocycles. The minimum Gasteiger partial charge on any atom is -0.493 e. The van der Waals surface area contributed by atoms with Crippen molar-refractivity contribution in [2.45, 2.75) is 6.42 Å². The van der Waals surface area contributed by atoms with Crippen LogP contribution in [0.25, 0.3) is 22.5 Å². The zero-order valence-corrected chi connectivity index (χ0v) is 18.8. The highest BCUT2D eigenvalue weighted by Gasteiger charge is 2.20. The van der Waals surface area contributed by atoms with Gasteiger partial charge in [-0.3, -0.25) is 4.79 Å². The Morgan fingerprint density at radius 2 is 1.88 bits per heavy atom. The maximum atomic E-state index is 12.6. The first-order valence-electron chi connectivity index (χ1n) is 10.4. The first-order valence-corrected chi connectivity index (χ1v) is 11.3. The van der Waals surface area contributed by atoms with E-state index in [-0.39, 0.29) is 5.91 Å². The molecule has 0 saturated carbocycles. The molecular formula is C25H23N3O3S. The monoisotopic (exact) mass is 445 g/mol. The lowest BCUT2D eigenvalue weighted by atomic mass is 10.0. The van der Waals surface area contributed by atoms with Crippen LogP contribution in [0, 0.1) is 0 Å². The molecule has 1 amide bonds. The largest absolute Gasteiger partial charge is 0.493 e. The summed E-state index contributed by atoms with van der Waals surface area (Å²) in [5, 5.41) is 1.94. The number of rotatable bonds is 5.